The number of benzene rings is 1. The second-order valence-electron chi connectivity index (χ2n) is 3.87. The van der Waals surface area contributed by atoms with Crippen LogP contribution in [0, 0.1) is 0 Å². The molecule has 0 unspecified atom stereocenters. The number of H-pyrrole nitrogens is 1. The third-order valence-electron chi connectivity index (χ3n) is 2.75. The number of nitrogens with zero attached hydrogens (tertiary/aromatic N) is 1. The molecule has 0 atom stereocenters. The van der Waals surface area contributed by atoms with E-state index in [9.17, 15) is 0 Å². The number of hydrogen-bond acceptors (Lipinski definition) is 5. The van der Waals surface area contributed by atoms with Crippen LogP contribution in [0.3, 0.4) is 0 Å². The van der Waals surface area contributed by atoms with Crippen molar-refractivity contribution in [2.45, 2.75) is 6.42 Å². The van der Waals surface area contributed by atoms with Crippen LogP contribution in [0.15, 0.2) is 18.2 Å². The fraction of sp³-hybridized carbons (Fsp3) is 0.182. The smallest absolute Gasteiger partial charge is 0.231 e. The quantitative estimate of drug-likeness (QED) is 0.714. The van der Waals surface area contributed by atoms with Crippen LogP contribution in [0.25, 0.3) is 0 Å². The first-order valence-electron chi connectivity index (χ1n) is 5.21. The van der Waals surface area contributed by atoms with Crippen LogP contribution >= 0.6 is 0 Å². The number of rotatable bonds is 2. The number of nitrogen functional groups attached to an aromatic ring is 2. The Kier molecular flexibility index (Phi) is 2.07. The van der Waals surface area contributed by atoms with Gasteiger partial charge in [0.1, 0.15) is 5.82 Å². The predicted octanol–water partition coefficient (Wildman–Crippen LogP) is 0.894. The summed E-state index contributed by atoms with van der Waals surface area (Å²) in [5.74, 6) is 2.45. The molecule has 0 saturated heterocycles. The summed E-state index contributed by atoms with van der Waals surface area (Å²) < 4.78 is 10.6. The van der Waals surface area contributed by atoms with Gasteiger partial charge in [0.25, 0.3) is 0 Å². The lowest BCUT2D eigenvalue weighted by molar-refractivity contribution is 0.174. The van der Waals surface area contributed by atoms with E-state index in [1.807, 2.05) is 18.2 Å². The average molecular weight is 232 g/mol. The van der Waals surface area contributed by atoms with Crippen molar-refractivity contribution in [3.05, 3.63) is 29.3 Å². The van der Waals surface area contributed by atoms with Crippen molar-refractivity contribution in [1.82, 2.24) is 10.2 Å². The minimum absolute atomic E-state index is 0.273. The molecule has 0 fully saturated rings. The van der Waals surface area contributed by atoms with Crippen LogP contribution in [0.1, 0.15) is 11.1 Å². The monoisotopic (exact) mass is 232 g/mol. The van der Waals surface area contributed by atoms with E-state index < -0.39 is 0 Å². The van der Waals surface area contributed by atoms with Crippen molar-refractivity contribution in [1.29, 1.82) is 0 Å². The molecule has 0 saturated carbocycles. The van der Waals surface area contributed by atoms with Gasteiger partial charge in [-0.1, -0.05) is 6.07 Å². The molecule has 0 amide bonds. The molecular formula is C11H12N4O2. The van der Waals surface area contributed by atoms with E-state index in [4.69, 9.17) is 20.9 Å². The Labute approximate surface area is 97.5 Å². The minimum Gasteiger partial charge on any atom is -0.454 e. The molecule has 5 N–H and O–H groups in total. The highest BCUT2D eigenvalue weighted by atomic mass is 16.7. The van der Waals surface area contributed by atoms with Crippen LogP contribution in [0.2, 0.25) is 0 Å². The first-order valence-corrected chi connectivity index (χ1v) is 5.21. The molecule has 3 rings (SSSR count). The lowest BCUT2D eigenvalue weighted by Crippen LogP contribution is -1.97. The zero-order chi connectivity index (χ0) is 11.8. The molecule has 88 valence electrons. The molecule has 1 aromatic heterocycles. The lowest BCUT2D eigenvalue weighted by atomic mass is 10.1. The van der Waals surface area contributed by atoms with Crippen LogP contribution < -0.4 is 20.9 Å². The summed E-state index contributed by atoms with van der Waals surface area (Å²) in [5.41, 5.74) is 13.3. The Morgan fingerprint density at radius 3 is 2.82 bits per heavy atom. The number of ether oxygens (including phenoxy) is 2. The number of fused-ring (bicyclic) bond motifs is 1. The molecule has 6 nitrogen and oxygen atoms in total. The maximum absolute atomic E-state index is 5.75. The van der Waals surface area contributed by atoms with E-state index in [1.54, 1.807) is 0 Å². The topological polar surface area (TPSA) is 99.2 Å². The zero-order valence-electron chi connectivity index (χ0n) is 9.06. The second-order valence-corrected chi connectivity index (χ2v) is 3.87. The molecule has 0 radical (unpaired) electrons. The third kappa shape index (κ3) is 1.63. The Morgan fingerprint density at radius 2 is 2.06 bits per heavy atom. The van der Waals surface area contributed by atoms with E-state index in [0.29, 0.717) is 18.1 Å². The highest BCUT2D eigenvalue weighted by Gasteiger charge is 2.15. The summed E-state index contributed by atoms with van der Waals surface area (Å²) in [7, 11) is 0. The van der Waals surface area contributed by atoms with Crippen molar-refractivity contribution >= 4 is 11.6 Å². The van der Waals surface area contributed by atoms with E-state index in [2.05, 4.69) is 10.2 Å². The maximum Gasteiger partial charge on any atom is 0.231 e. The summed E-state index contributed by atoms with van der Waals surface area (Å²) in [6.45, 7) is 0.273. The number of aromatic nitrogens is 2. The standard InChI is InChI=1S/C11H12N4O2/c12-10-7(11(13)15-14-10)3-6-1-2-8-9(4-6)17-5-16-8/h1-2,4H,3,5H2,(H5,12,13,14,15). The lowest BCUT2D eigenvalue weighted by Gasteiger charge is -2.03. The van der Waals surface area contributed by atoms with Gasteiger partial charge in [0, 0.05) is 12.0 Å². The van der Waals surface area contributed by atoms with Crippen LogP contribution in [-0.2, 0) is 6.42 Å². The molecule has 17 heavy (non-hydrogen) atoms. The van der Waals surface area contributed by atoms with Gasteiger partial charge in [-0.15, -0.1) is 0 Å². The predicted molar refractivity (Wildman–Crippen MR) is 62.8 cm³/mol. The molecule has 1 aliphatic heterocycles. The largest absolute Gasteiger partial charge is 0.454 e. The molecule has 6 heteroatoms. The van der Waals surface area contributed by atoms with Crippen molar-refractivity contribution in [3.63, 3.8) is 0 Å². The van der Waals surface area contributed by atoms with Gasteiger partial charge in [0.15, 0.2) is 17.3 Å². The zero-order valence-corrected chi connectivity index (χ0v) is 9.06. The fourth-order valence-corrected chi connectivity index (χ4v) is 1.83. The molecule has 2 aromatic rings. The Bertz CT molecular complexity index is 545. The number of anilines is 2. The highest BCUT2D eigenvalue weighted by molar-refractivity contribution is 5.56. The van der Waals surface area contributed by atoms with Crippen LogP contribution in [-0.4, -0.2) is 17.0 Å². The van der Waals surface area contributed by atoms with Gasteiger partial charge in [0.2, 0.25) is 6.79 Å². The van der Waals surface area contributed by atoms with Gasteiger partial charge in [-0.25, -0.2) is 0 Å². The molecule has 1 aromatic carbocycles. The van der Waals surface area contributed by atoms with Gasteiger partial charge < -0.3 is 20.9 Å². The number of nitrogens with one attached hydrogen (secondary N) is 1. The summed E-state index contributed by atoms with van der Waals surface area (Å²) in [6, 6.07) is 5.76. The average Bonchev–Trinajstić information content (AvgIpc) is 2.90. The Morgan fingerprint density at radius 1 is 1.24 bits per heavy atom. The molecular weight excluding hydrogens is 220 g/mol. The van der Waals surface area contributed by atoms with E-state index >= 15 is 0 Å². The van der Waals surface area contributed by atoms with Crippen LogP contribution in [0.4, 0.5) is 11.6 Å². The molecule has 0 aliphatic carbocycles. The minimum atomic E-state index is 0.273. The first-order chi connectivity index (χ1) is 8.24. The summed E-state index contributed by atoms with van der Waals surface area (Å²) in [5, 5.41) is 6.51. The van der Waals surface area contributed by atoms with E-state index in [1.165, 1.54) is 0 Å². The first kappa shape index (κ1) is 9.83. The normalized spacial score (nSPS) is 12.9. The second kappa shape index (κ2) is 3.58. The van der Waals surface area contributed by atoms with Crippen molar-refractivity contribution in [2.24, 2.45) is 0 Å². The molecule has 1 aliphatic rings. The van der Waals surface area contributed by atoms with E-state index in [0.717, 1.165) is 22.6 Å². The SMILES string of the molecule is Nc1n[nH]c(N)c1Cc1ccc2c(c1)OCO2. The molecule has 0 spiro atoms. The van der Waals surface area contributed by atoms with Gasteiger partial charge in [-0.2, -0.15) is 5.10 Å². The Hall–Kier alpha value is -2.37. The van der Waals surface area contributed by atoms with Gasteiger partial charge in [0.05, 0.1) is 0 Å². The van der Waals surface area contributed by atoms with Gasteiger partial charge in [-0.3, -0.25) is 5.10 Å². The summed E-state index contributed by atoms with van der Waals surface area (Å²) in [4.78, 5) is 0. The van der Waals surface area contributed by atoms with E-state index in [-0.39, 0.29) is 6.79 Å². The summed E-state index contributed by atoms with van der Waals surface area (Å²) in [6.07, 6.45) is 0.616. The van der Waals surface area contributed by atoms with Crippen LogP contribution in [0.5, 0.6) is 11.5 Å². The Balaban J connectivity index is 1.91. The fourth-order valence-electron chi connectivity index (χ4n) is 1.83. The highest BCUT2D eigenvalue weighted by Crippen LogP contribution is 2.33. The van der Waals surface area contributed by atoms with Crippen molar-refractivity contribution in [3.8, 4) is 11.5 Å². The number of aromatic amines is 1. The van der Waals surface area contributed by atoms with Crippen molar-refractivity contribution < 1.29 is 9.47 Å². The number of nitrogens with two attached hydrogens (primary N) is 2. The molecule has 2 heterocycles. The van der Waals surface area contributed by atoms with Gasteiger partial charge in [-0.05, 0) is 17.7 Å². The number of hydrogen-bond donors (Lipinski definition) is 3. The molecule has 0 bridgehead atoms. The maximum atomic E-state index is 5.75. The summed E-state index contributed by atoms with van der Waals surface area (Å²) >= 11 is 0. The van der Waals surface area contributed by atoms with Crippen molar-refractivity contribution in [2.75, 3.05) is 18.3 Å². The third-order valence-corrected chi connectivity index (χ3v) is 2.75. The van der Waals surface area contributed by atoms with Gasteiger partial charge >= 0.3 is 0 Å².